The molecule has 1 atom stereocenters. The van der Waals surface area contributed by atoms with Gasteiger partial charge >= 0.3 is 5.97 Å². The molecule has 0 aliphatic carbocycles. The maximum atomic E-state index is 12.6. The number of carbonyl (C=O) groups excluding carboxylic acids is 2. The highest BCUT2D eigenvalue weighted by Gasteiger charge is 2.28. The number of piperidine rings is 1. The summed E-state index contributed by atoms with van der Waals surface area (Å²) in [6, 6.07) is 3.27. The van der Waals surface area contributed by atoms with Crippen LogP contribution >= 0.6 is 0 Å². The van der Waals surface area contributed by atoms with Gasteiger partial charge in [-0.25, -0.2) is 4.79 Å². The van der Waals surface area contributed by atoms with Crippen molar-refractivity contribution in [1.29, 1.82) is 0 Å². The molecule has 2 rings (SSSR count). The summed E-state index contributed by atoms with van der Waals surface area (Å²) in [5.41, 5.74) is 2.19. The molecule has 1 aromatic carbocycles. The molecule has 0 aromatic heterocycles. The molecule has 1 saturated heterocycles. The quantitative estimate of drug-likeness (QED) is 0.858. The van der Waals surface area contributed by atoms with E-state index in [1.165, 1.54) is 6.07 Å². The fraction of sp³-hybridized carbons (Fsp3) is 0.526. The van der Waals surface area contributed by atoms with Crippen LogP contribution in [0.25, 0.3) is 0 Å². The van der Waals surface area contributed by atoms with Gasteiger partial charge in [-0.3, -0.25) is 9.59 Å². The Bertz CT molecular complexity index is 684. The average molecular weight is 346 g/mol. The number of likely N-dealkylation sites (tertiary alicyclic amines) is 1. The zero-order valence-electron chi connectivity index (χ0n) is 15.1. The third-order valence-corrected chi connectivity index (χ3v) is 4.67. The van der Waals surface area contributed by atoms with E-state index < -0.39 is 5.97 Å². The Morgan fingerprint density at radius 2 is 1.96 bits per heavy atom. The SMILES string of the molecule is CCCC(=O)N1CCCC(C(=O)Nc2cc(C(=O)O)c(C)cc2C)C1. The van der Waals surface area contributed by atoms with Gasteiger partial charge in [0, 0.05) is 25.2 Å². The largest absolute Gasteiger partial charge is 0.478 e. The van der Waals surface area contributed by atoms with Gasteiger partial charge in [0.1, 0.15) is 0 Å². The number of benzene rings is 1. The number of hydrogen-bond acceptors (Lipinski definition) is 3. The van der Waals surface area contributed by atoms with E-state index >= 15 is 0 Å². The molecular weight excluding hydrogens is 320 g/mol. The monoisotopic (exact) mass is 346 g/mol. The second kappa shape index (κ2) is 8.14. The molecule has 1 aliphatic rings. The topological polar surface area (TPSA) is 86.7 Å². The van der Waals surface area contributed by atoms with Crippen molar-refractivity contribution < 1.29 is 19.5 Å². The molecule has 0 bridgehead atoms. The molecular formula is C19H26N2O4. The number of anilines is 1. The number of nitrogens with one attached hydrogen (secondary N) is 1. The van der Waals surface area contributed by atoms with E-state index in [1.54, 1.807) is 17.9 Å². The second-order valence-corrected chi connectivity index (χ2v) is 6.71. The first-order valence-corrected chi connectivity index (χ1v) is 8.76. The van der Waals surface area contributed by atoms with E-state index in [0.717, 1.165) is 24.8 Å². The van der Waals surface area contributed by atoms with Crippen molar-refractivity contribution in [3.8, 4) is 0 Å². The number of nitrogens with zero attached hydrogens (tertiary/aromatic N) is 1. The van der Waals surface area contributed by atoms with Gasteiger partial charge in [0.15, 0.2) is 0 Å². The Labute approximate surface area is 148 Å². The minimum atomic E-state index is -1.01. The van der Waals surface area contributed by atoms with Gasteiger partial charge in [0.05, 0.1) is 11.5 Å². The Balaban J connectivity index is 2.10. The number of carboxylic acid groups (broad SMARTS) is 1. The van der Waals surface area contributed by atoms with E-state index in [0.29, 0.717) is 30.8 Å². The molecule has 1 heterocycles. The number of amides is 2. The van der Waals surface area contributed by atoms with Crippen LogP contribution in [0.5, 0.6) is 0 Å². The molecule has 6 heteroatoms. The summed E-state index contributed by atoms with van der Waals surface area (Å²) in [4.78, 5) is 37.7. The van der Waals surface area contributed by atoms with Crippen molar-refractivity contribution in [2.24, 2.45) is 5.92 Å². The predicted octanol–water partition coefficient (Wildman–Crippen LogP) is 2.98. The summed E-state index contributed by atoms with van der Waals surface area (Å²) >= 11 is 0. The molecule has 1 aliphatic heterocycles. The number of hydrogen-bond donors (Lipinski definition) is 2. The molecule has 25 heavy (non-hydrogen) atoms. The van der Waals surface area contributed by atoms with Crippen LogP contribution in [0.4, 0.5) is 5.69 Å². The first-order valence-electron chi connectivity index (χ1n) is 8.76. The third-order valence-electron chi connectivity index (χ3n) is 4.67. The van der Waals surface area contributed by atoms with Crippen molar-refractivity contribution >= 4 is 23.5 Å². The van der Waals surface area contributed by atoms with Gasteiger partial charge in [0.25, 0.3) is 0 Å². The summed E-state index contributed by atoms with van der Waals surface area (Å²) in [6.45, 7) is 6.68. The lowest BCUT2D eigenvalue weighted by Crippen LogP contribution is -2.43. The fourth-order valence-electron chi connectivity index (χ4n) is 3.24. The highest BCUT2D eigenvalue weighted by Crippen LogP contribution is 2.24. The first kappa shape index (κ1) is 19.0. The third kappa shape index (κ3) is 4.59. The molecule has 2 amide bonds. The summed E-state index contributed by atoms with van der Waals surface area (Å²) < 4.78 is 0. The highest BCUT2D eigenvalue weighted by atomic mass is 16.4. The summed E-state index contributed by atoms with van der Waals surface area (Å²) in [5.74, 6) is -1.33. The summed E-state index contributed by atoms with van der Waals surface area (Å²) in [7, 11) is 0. The molecule has 0 radical (unpaired) electrons. The first-order chi connectivity index (χ1) is 11.8. The lowest BCUT2D eigenvalue weighted by molar-refractivity contribution is -0.134. The van der Waals surface area contributed by atoms with Crippen LogP contribution in [0.3, 0.4) is 0 Å². The minimum absolute atomic E-state index is 0.0969. The van der Waals surface area contributed by atoms with Gasteiger partial charge in [-0.2, -0.15) is 0 Å². The summed E-state index contributed by atoms with van der Waals surface area (Å²) in [6.07, 6.45) is 2.85. The molecule has 1 unspecified atom stereocenters. The molecule has 1 aromatic rings. The maximum Gasteiger partial charge on any atom is 0.336 e. The number of carbonyl (C=O) groups is 3. The molecule has 1 fully saturated rings. The van der Waals surface area contributed by atoms with Gasteiger partial charge in [0.2, 0.25) is 11.8 Å². The van der Waals surface area contributed by atoms with Crippen LogP contribution in [0.15, 0.2) is 12.1 Å². The highest BCUT2D eigenvalue weighted by molar-refractivity contribution is 5.97. The number of aryl methyl sites for hydroxylation is 2. The fourth-order valence-corrected chi connectivity index (χ4v) is 3.24. The van der Waals surface area contributed by atoms with Crippen molar-refractivity contribution in [2.45, 2.75) is 46.5 Å². The number of carboxylic acids is 1. The standard InChI is InChI=1S/C19H26N2O4/c1-4-6-17(22)21-8-5-7-14(11-21)18(23)20-16-10-15(19(24)25)12(2)9-13(16)3/h9-10,14H,4-8,11H2,1-3H3,(H,20,23)(H,24,25). The van der Waals surface area contributed by atoms with E-state index in [2.05, 4.69) is 5.32 Å². The van der Waals surface area contributed by atoms with Crippen LogP contribution < -0.4 is 5.32 Å². The van der Waals surface area contributed by atoms with Gasteiger partial charge < -0.3 is 15.3 Å². The lowest BCUT2D eigenvalue weighted by atomic mass is 9.96. The number of aromatic carboxylic acids is 1. The van der Waals surface area contributed by atoms with Crippen molar-refractivity contribution in [2.75, 3.05) is 18.4 Å². The van der Waals surface area contributed by atoms with E-state index in [4.69, 9.17) is 0 Å². The van der Waals surface area contributed by atoms with Crippen LogP contribution in [-0.4, -0.2) is 40.9 Å². The van der Waals surface area contributed by atoms with Crippen LogP contribution in [-0.2, 0) is 9.59 Å². The van der Waals surface area contributed by atoms with Crippen LogP contribution in [0.2, 0.25) is 0 Å². The molecule has 0 saturated carbocycles. The maximum absolute atomic E-state index is 12.6. The second-order valence-electron chi connectivity index (χ2n) is 6.71. The lowest BCUT2D eigenvalue weighted by Gasteiger charge is -2.32. The Kier molecular flexibility index (Phi) is 6.17. The average Bonchev–Trinajstić information content (AvgIpc) is 2.57. The Morgan fingerprint density at radius 1 is 1.24 bits per heavy atom. The molecule has 0 spiro atoms. The Morgan fingerprint density at radius 3 is 2.60 bits per heavy atom. The van der Waals surface area contributed by atoms with E-state index in [1.807, 2.05) is 13.8 Å². The van der Waals surface area contributed by atoms with Crippen molar-refractivity contribution in [1.82, 2.24) is 4.90 Å². The van der Waals surface area contributed by atoms with Gasteiger partial charge in [-0.15, -0.1) is 0 Å². The summed E-state index contributed by atoms with van der Waals surface area (Å²) in [5, 5.41) is 12.1. The van der Waals surface area contributed by atoms with E-state index in [9.17, 15) is 19.5 Å². The van der Waals surface area contributed by atoms with Crippen LogP contribution in [0, 0.1) is 19.8 Å². The molecule has 136 valence electrons. The smallest absolute Gasteiger partial charge is 0.336 e. The van der Waals surface area contributed by atoms with E-state index in [-0.39, 0.29) is 23.3 Å². The normalized spacial score (nSPS) is 17.2. The number of rotatable bonds is 5. The predicted molar refractivity (Wildman–Crippen MR) is 95.7 cm³/mol. The van der Waals surface area contributed by atoms with Gasteiger partial charge in [-0.1, -0.05) is 13.0 Å². The van der Waals surface area contributed by atoms with Crippen LogP contribution in [0.1, 0.15) is 54.1 Å². The molecule has 2 N–H and O–H groups in total. The Hall–Kier alpha value is -2.37. The minimum Gasteiger partial charge on any atom is -0.478 e. The van der Waals surface area contributed by atoms with Gasteiger partial charge in [-0.05, 0) is 50.3 Å². The van der Waals surface area contributed by atoms with Crippen molar-refractivity contribution in [3.05, 3.63) is 28.8 Å². The molecule has 6 nitrogen and oxygen atoms in total. The van der Waals surface area contributed by atoms with Crippen molar-refractivity contribution in [3.63, 3.8) is 0 Å². The zero-order chi connectivity index (χ0) is 18.6. The zero-order valence-corrected chi connectivity index (χ0v) is 15.1.